The Balaban J connectivity index is 4.09. The molecule has 0 saturated heterocycles. The molecule has 1 atom stereocenters. The van der Waals surface area contributed by atoms with E-state index in [2.05, 4.69) is 11.4 Å². The Bertz CT molecular complexity index is 292. The van der Waals surface area contributed by atoms with Gasteiger partial charge in [-0.25, -0.2) is 0 Å². The number of nitrogens with zero attached hydrogens (tertiary/aromatic N) is 1. The standard InChI is InChI=1S/C13H24N2O2/c1-12(2,3)15-10(9-14)7-8-11(16)17-13(4,5)6/h10,15H,7-8H2,1-6H3. The van der Waals surface area contributed by atoms with E-state index >= 15 is 0 Å². The van der Waals surface area contributed by atoms with Gasteiger partial charge in [-0.2, -0.15) is 5.26 Å². The summed E-state index contributed by atoms with van der Waals surface area (Å²) in [6.07, 6.45) is 0.737. The van der Waals surface area contributed by atoms with E-state index in [1.165, 1.54) is 0 Å². The summed E-state index contributed by atoms with van der Waals surface area (Å²) in [5.41, 5.74) is -0.592. The molecule has 0 spiro atoms. The van der Waals surface area contributed by atoms with Gasteiger partial charge in [0.2, 0.25) is 0 Å². The second kappa shape index (κ2) is 6.02. The van der Waals surface area contributed by atoms with Gasteiger partial charge in [0.05, 0.1) is 12.1 Å². The van der Waals surface area contributed by atoms with Crippen molar-refractivity contribution in [2.24, 2.45) is 0 Å². The lowest BCUT2D eigenvalue weighted by molar-refractivity contribution is -0.155. The predicted octanol–water partition coefficient (Wildman–Crippen LogP) is 2.39. The summed E-state index contributed by atoms with van der Waals surface area (Å²) < 4.78 is 5.19. The maximum Gasteiger partial charge on any atom is 0.306 e. The molecule has 0 rings (SSSR count). The number of hydrogen-bond acceptors (Lipinski definition) is 4. The molecule has 0 aromatic rings. The van der Waals surface area contributed by atoms with Crippen LogP contribution in [0.25, 0.3) is 0 Å². The van der Waals surface area contributed by atoms with Crippen molar-refractivity contribution in [2.75, 3.05) is 0 Å². The molecule has 0 bridgehead atoms. The number of nitriles is 1. The minimum Gasteiger partial charge on any atom is -0.460 e. The van der Waals surface area contributed by atoms with Gasteiger partial charge >= 0.3 is 5.97 Å². The first kappa shape index (κ1) is 15.9. The molecule has 4 nitrogen and oxygen atoms in total. The summed E-state index contributed by atoms with van der Waals surface area (Å²) in [5, 5.41) is 12.1. The molecular formula is C13H24N2O2. The molecule has 0 radical (unpaired) electrons. The lowest BCUT2D eigenvalue weighted by Crippen LogP contribution is -2.43. The topological polar surface area (TPSA) is 62.1 Å². The van der Waals surface area contributed by atoms with Crippen molar-refractivity contribution < 1.29 is 9.53 Å². The second-order valence-corrected chi connectivity index (χ2v) is 6.20. The van der Waals surface area contributed by atoms with Crippen LogP contribution in [0, 0.1) is 11.3 Å². The summed E-state index contributed by atoms with van der Waals surface area (Å²) in [7, 11) is 0. The van der Waals surface area contributed by atoms with Crippen LogP contribution in [0.1, 0.15) is 54.4 Å². The Hall–Kier alpha value is -1.08. The third kappa shape index (κ3) is 9.83. The minimum absolute atomic E-state index is 0.131. The normalized spacial score (nSPS) is 13.9. The van der Waals surface area contributed by atoms with E-state index < -0.39 is 5.60 Å². The van der Waals surface area contributed by atoms with Crippen molar-refractivity contribution in [3.05, 3.63) is 0 Å². The number of hydrogen-bond donors (Lipinski definition) is 1. The molecule has 0 aliphatic carbocycles. The fourth-order valence-electron chi connectivity index (χ4n) is 1.35. The van der Waals surface area contributed by atoms with Crippen LogP contribution in [0.4, 0.5) is 0 Å². The van der Waals surface area contributed by atoms with E-state index in [0.717, 1.165) is 0 Å². The predicted molar refractivity (Wildman–Crippen MR) is 67.4 cm³/mol. The maximum absolute atomic E-state index is 11.5. The molecule has 4 heteroatoms. The average molecular weight is 240 g/mol. The molecule has 0 aliphatic rings. The quantitative estimate of drug-likeness (QED) is 0.766. The number of esters is 1. The Morgan fingerprint density at radius 3 is 2.18 bits per heavy atom. The van der Waals surface area contributed by atoms with E-state index in [1.807, 2.05) is 41.5 Å². The van der Waals surface area contributed by atoms with Crippen LogP contribution in [-0.4, -0.2) is 23.2 Å². The van der Waals surface area contributed by atoms with E-state index in [4.69, 9.17) is 10.00 Å². The number of nitrogens with one attached hydrogen (secondary N) is 1. The van der Waals surface area contributed by atoms with Crippen LogP contribution in [-0.2, 0) is 9.53 Å². The highest BCUT2D eigenvalue weighted by atomic mass is 16.6. The smallest absolute Gasteiger partial charge is 0.306 e. The van der Waals surface area contributed by atoms with E-state index in [0.29, 0.717) is 6.42 Å². The number of ether oxygens (including phenoxy) is 1. The SMILES string of the molecule is CC(C)(C)NC(C#N)CCC(=O)OC(C)(C)C. The number of carbonyl (C=O) groups is 1. The second-order valence-electron chi connectivity index (χ2n) is 6.20. The first-order valence-corrected chi connectivity index (χ1v) is 5.93. The zero-order chi connectivity index (χ0) is 13.7. The fraction of sp³-hybridized carbons (Fsp3) is 0.846. The molecule has 0 heterocycles. The summed E-state index contributed by atoms with van der Waals surface area (Å²) in [6.45, 7) is 11.5. The van der Waals surface area contributed by atoms with Crippen LogP contribution >= 0.6 is 0 Å². The third-order valence-corrected chi connectivity index (χ3v) is 1.82. The van der Waals surface area contributed by atoms with Crippen LogP contribution in [0.15, 0.2) is 0 Å². The largest absolute Gasteiger partial charge is 0.460 e. The summed E-state index contributed by atoms with van der Waals surface area (Å²) in [6, 6.07) is 1.84. The summed E-state index contributed by atoms with van der Waals surface area (Å²) in [4.78, 5) is 11.5. The van der Waals surface area contributed by atoms with E-state index in [1.54, 1.807) is 0 Å². The molecule has 98 valence electrons. The number of carbonyl (C=O) groups excluding carboxylic acids is 1. The third-order valence-electron chi connectivity index (χ3n) is 1.82. The van der Waals surface area contributed by atoms with Crippen LogP contribution in [0.3, 0.4) is 0 Å². The lowest BCUT2D eigenvalue weighted by atomic mass is 10.1. The van der Waals surface area contributed by atoms with Gasteiger partial charge in [0.25, 0.3) is 0 Å². The van der Waals surface area contributed by atoms with Crippen LogP contribution in [0.2, 0.25) is 0 Å². The highest BCUT2D eigenvalue weighted by molar-refractivity contribution is 5.69. The number of rotatable bonds is 4. The molecule has 0 aliphatic heterocycles. The van der Waals surface area contributed by atoms with E-state index in [9.17, 15) is 4.79 Å². The van der Waals surface area contributed by atoms with Crippen LogP contribution < -0.4 is 5.32 Å². The van der Waals surface area contributed by atoms with Gasteiger partial charge in [0, 0.05) is 12.0 Å². The molecule has 17 heavy (non-hydrogen) atoms. The van der Waals surface area contributed by atoms with Gasteiger partial charge in [0.1, 0.15) is 5.60 Å². The van der Waals surface area contributed by atoms with Gasteiger partial charge in [-0.05, 0) is 48.0 Å². The molecule has 0 aromatic carbocycles. The molecule has 1 N–H and O–H groups in total. The van der Waals surface area contributed by atoms with Gasteiger partial charge < -0.3 is 4.74 Å². The molecule has 0 saturated carbocycles. The Morgan fingerprint density at radius 1 is 1.29 bits per heavy atom. The molecule has 0 aromatic heterocycles. The zero-order valence-corrected chi connectivity index (χ0v) is 11.8. The Kier molecular flexibility index (Phi) is 5.63. The summed E-state index contributed by atoms with van der Waals surface area (Å²) >= 11 is 0. The van der Waals surface area contributed by atoms with Crippen molar-refractivity contribution in [1.82, 2.24) is 5.32 Å². The van der Waals surface area contributed by atoms with Gasteiger partial charge in [-0.1, -0.05) is 0 Å². The fourth-order valence-corrected chi connectivity index (χ4v) is 1.35. The van der Waals surface area contributed by atoms with Crippen molar-refractivity contribution in [3.8, 4) is 6.07 Å². The Labute approximate surface area is 104 Å². The first-order valence-electron chi connectivity index (χ1n) is 5.93. The molecule has 0 amide bonds. The minimum atomic E-state index is -0.462. The zero-order valence-electron chi connectivity index (χ0n) is 11.8. The first-order chi connectivity index (χ1) is 7.53. The monoisotopic (exact) mass is 240 g/mol. The summed E-state index contributed by atoms with van der Waals surface area (Å²) in [5.74, 6) is -0.256. The molecule has 0 fully saturated rings. The van der Waals surface area contributed by atoms with Gasteiger partial charge in [-0.15, -0.1) is 0 Å². The van der Waals surface area contributed by atoms with Gasteiger partial charge in [-0.3, -0.25) is 10.1 Å². The molecule has 1 unspecified atom stereocenters. The van der Waals surface area contributed by atoms with Crippen molar-refractivity contribution in [3.63, 3.8) is 0 Å². The average Bonchev–Trinajstić information content (AvgIpc) is 2.07. The van der Waals surface area contributed by atoms with Crippen molar-refractivity contribution in [2.45, 2.75) is 71.6 Å². The van der Waals surface area contributed by atoms with Gasteiger partial charge in [0.15, 0.2) is 0 Å². The van der Waals surface area contributed by atoms with Crippen molar-refractivity contribution >= 4 is 5.97 Å². The van der Waals surface area contributed by atoms with Crippen LogP contribution in [0.5, 0.6) is 0 Å². The van der Waals surface area contributed by atoms with E-state index in [-0.39, 0.29) is 24.0 Å². The highest BCUT2D eigenvalue weighted by Crippen LogP contribution is 2.11. The Morgan fingerprint density at radius 2 is 1.82 bits per heavy atom. The maximum atomic E-state index is 11.5. The van der Waals surface area contributed by atoms with Crippen molar-refractivity contribution in [1.29, 1.82) is 5.26 Å². The highest BCUT2D eigenvalue weighted by Gasteiger charge is 2.20. The molecular weight excluding hydrogens is 216 g/mol. The lowest BCUT2D eigenvalue weighted by Gasteiger charge is -2.25.